The summed E-state index contributed by atoms with van der Waals surface area (Å²) in [5.74, 6) is -1.20. The summed E-state index contributed by atoms with van der Waals surface area (Å²) >= 11 is 9.70. The fraction of sp³-hybridized carbons (Fsp3) is 0.250. The first kappa shape index (κ1) is 16.4. The first-order valence-corrected chi connectivity index (χ1v) is 7.83. The van der Waals surface area contributed by atoms with Crippen LogP contribution in [0, 0.1) is 11.6 Å². The highest BCUT2D eigenvalue weighted by Gasteiger charge is 2.19. The highest BCUT2D eigenvalue weighted by Crippen LogP contribution is 2.33. The summed E-state index contributed by atoms with van der Waals surface area (Å²) in [7, 11) is 0. The molecular formula is C16H15BrClF2N. The molecule has 2 aromatic carbocycles. The van der Waals surface area contributed by atoms with Crippen molar-refractivity contribution in [3.63, 3.8) is 0 Å². The van der Waals surface area contributed by atoms with Gasteiger partial charge in [0.15, 0.2) is 0 Å². The normalized spacial score (nSPS) is 12.4. The molecule has 0 aromatic heterocycles. The van der Waals surface area contributed by atoms with Crippen LogP contribution in [0.4, 0.5) is 8.78 Å². The minimum atomic E-state index is -0.598. The highest BCUT2D eigenvalue weighted by atomic mass is 79.9. The Kier molecular flexibility index (Phi) is 5.73. The quantitative estimate of drug-likeness (QED) is 0.732. The topological polar surface area (TPSA) is 12.0 Å². The number of halogens is 4. The smallest absolute Gasteiger partial charge is 0.126 e. The molecule has 0 spiro atoms. The van der Waals surface area contributed by atoms with Gasteiger partial charge < -0.3 is 5.32 Å². The predicted octanol–water partition coefficient (Wildman–Crippen LogP) is 5.47. The molecule has 0 fully saturated rings. The van der Waals surface area contributed by atoms with Crippen LogP contribution in [0.15, 0.2) is 40.9 Å². The van der Waals surface area contributed by atoms with Crippen LogP contribution in [0.5, 0.6) is 0 Å². The first-order chi connectivity index (χ1) is 10.0. The maximum atomic E-state index is 13.5. The molecule has 0 aliphatic carbocycles. The van der Waals surface area contributed by atoms with Crippen LogP contribution in [0.1, 0.15) is 30.5 Å². The Morgan fingerprint density at radius 1 is 1.19 bits per heavy atom. The average Bonchev–Trinajstić information content (AvgIpc) is 2.42. The van der Waals surface area contributed by atoms with Gasteiger partial charge in [0, 0.05) is 10.5 Å². The zero-order chi connectivity index (χ0) is 15.4. The molecule has 0 aliphatic rings. The second-order valence-corrected chi connectivity index (χ2v) is 5.97. The van der Waals surface area contributed by atoms with Crippen LogP contribution in [-0.2, 0) is 0 Å². The van der Waals surface area contributed by atoms with Gasteiger partial charge in [0.2, 0.25) is 0 Å². The molecule has 112 valence electrons. The zero-order valence-electron chi connectivity index (χ0n) is 11.5. The van der Waals surface area contributed by atoms with Gasteiger partial charge in [0.05, 0.1) is 11.1 Å². The van der Waals surface area contributed by atoms with Crippen molar-refractivity contribution in [1.82, 2.24) is 5.32 Å². The van der Waals surface area contributed by atoms with E-state index in [0.717, 1.165) is 22.5 Å². The largest absolute Gasteiger partial charge is 0.306 e. The maximum Gasteiger partial charge on any atom is 0.126 e. The Labute approximate surface area is 136 Å². The monoisotopic (exact) mass is 373 g/mol. The van der Waals surface area contributed by atoms with E-state index in [4.69, 9.17) is 11.6 Å². The molecule has 21 heavy (non-hydrogen) atoms. The van der Waals surface area contributed by atoms with Crippen LogP contribution in [-0.4, -0.2) is 6.54 Å². The molecular weight excluding hydrogens is 360 g/mol. The lowest BCUT2D eigenvalue weighted by molar-refractivity contribution is 0.558. The Morgan fingerprint density at radius 2 is 1.86 bits per heavy atom. The highest BCUT2D eigenvalue weighted by molar-refractivity contribution is 9.10. The van der Waals surface area contributed by atoms with E-state index < -0.39 is 11.6 Å². The molecule has 0 aliphatic heterocycles. The van der Waals surface area contributed by atoms with E-state index in [1.807, 2.05) is 25.1 Å². The predicted molar refractivity (Wildman–Crippen MR) is 85.6 cm³/mol. The molecule has 0 radical (unpaired) electrons. The van der Waals surface area contributed by atoms with Gasteiger partial charge >= 0.3 is 0 Å². The van der Waals surface area contributed by atoms with Crippen LogP contribution in [0.3, 0.4) is 0 Å². The number of nitrogens with one attached hydrogen (secondary N) is 1. The van der Waals surface area contributed by atoms with Gasteiger partial charge in [-0.3, -0.25) is 0 Å². The molecule has 1 nitrogen and oxygen atoms in total. The third kappa shape index (κ3) is 4.02. The van der Waals surface area contributed by atoms with Crippen molar-refractivity contribution >= 4 is 27.5 Å². The number of rotatable bonds is 5. The summed E-state index contributed by atoms with van der Waals surface area (Å²) in [6, 6.07) is 8.68. The Bertz CT molecular complexity index is 613. The third-order valence-corrected chi connectivity index (χ3v) is 4.42. The fourth-order valence-corrected chi connectivity index (χ4v) is 2.80. The summed E-state index contributed by atoms with van der Waals surface area (Å²) in [6.07, 6.45) is 0.903. The minimum Gasteiger partial charge on any atom is -0.306 e. The van der Waals surface area contributed by atoms with Crippen molar-refractivity contribution in [2.24, 2.45) is 0 Å². The summed E-state index contributed by atoms with van der Waals surface area (Å²) < 4.78 is 27.7. The lowest BCUT2D eigenvalue weighted by Crippen LogP contribution is -2.23. The van der Waals surface area contributed by atoms with Gasteiger partial charge in [-0.1, -0.05) is 30.7 Å². The molecule has 0 saturated heterocycles. The van der Waals surface area contributed by atoms with E-state index in [1.165, 1.54) is 12.1 Å². The van der Waals surface area contributed by atoms with Crippen LogP contribution >= 0.6 is 27.5 Å². The van der Waals surface area contributed by atoms with Gasteiger partial charge in [0.25, 0.3) is 0 Å². The van der Waals surface area contributed by atoms with E-state index in [-0.39, 0.29) is 6.04 Å². The van der Waals surface area contributed by atoms with Crippen molar-refractivity contribution in [3.05, 3.63) is 68.7 Å². The second-order valence-electron chi connectivity index (χ2n) is 4.73. The van der Waals surface area contributed by atoms with Crippen molar-refractivity contribution < 1.29 is 8.78 Å². The molecule has 1 unspecified atom stereocenters. The van der Waals surface area contributed by atoms with Crippen LogP contribution in [0.2, 0.25) is 5.02 Å². The zero-order valence-corrected chi connectivity index (χ0v) is 13.8. The first-order valence-electron chi connectivity index (χ1n) is 6.66. The van der Waals surface area contributed by atoms with Gasteiger partial charge in [-0.25, -0.2) is 8.78 Å². The lowest BCUT2D eigenvalue weighted by Gasteiger charge is -2.21. The van der Waals surface area contributed by atoms with Crippen LogP contribution < -0.4 is 5.32 Å². The van der Waals surface area contributed by atoms with E-state index in [9.17, 15) is 8.78 Å². The van der Waals surface area contributed by atoms with Gasteiger partial charge in [-0.05, 0) is 58.2 Å². The van der Waals surface area contributed by atoms with Crippen molar-refractivity contribution in [2.75, 3.05) is 6.54 Å². The Balaban J connectivity index is 2.49. The Hall–Kier alpha value is -0.970. The number of hydrogen-bond acceptors (Lipinski definition) is 1. The van der Waals surface area contributed by atoms with Gasteiger partial charge in [0.1, 0.15) is 11.6 Å². The van der Waals surface area contributed by atoms with E-state index in [1.54, 1.807) is 0 Å². The van der Waals surface area contributed by atoms with Crippen LogP contribution in [0.25, 0.3) is 0 Å². The molecule has 0 bridgehead atoms. The van der Waals surface area contributed by atoms with Gasteiger partial charge in [-0.15, -0.1) is 0 Å². The summed E-state index contributed by atoms with van der Waals surface area (Å²) in [5, 5.41) is 3.82. The molecule has 2 aromatic rings. The van der Waals surface area contributed by atoms with E-state index in [0.29, 0.717) is 17.1 Å². The number of benzene rings is 2. The minimum absolute atomic E-state index is 0.361. The summed E-state index contributed by atoms with van der Waals surface area (Å²) in [5.41, 5.74) is 1.30. The maximum absolute atomic E-state index is 13.5. The summed E-state index contributed by atoms with van der Waals surface area (Å²) in [6.45, 7) is 2.74. The molecule has 0 saturated carbocycles. The SMILES string of the molecule is CCCNC(c1cc(F)cc(F)c1)c1cccc(Br)c1Cl. The molecule has 1 N–H and O–H groups in total. The number of hydrogen-bond donors (Lipinski definition) is 1. The van der Waals surface area contributed by atoms with Crippen molar-refractivity contribution in [1.29, 1.82) is 0 Å². The Morgan fingerprint density at radius 3 is 2.48 bits per heavy atom. The molecule has 0 heterocycles. The standard InChI is InChI=1S/C16H15BrClF2N/c1-2-6-21-16(10-7-11(19)9-12(20)8-10)13-4-3-5-14(17)15(13)18/h3-5,7-9,16,21H,2,6H2,1H3. The molecule has 1 atom stereocenters. The third-order valence-electron chi connectivity index (χ3n) is 3.11. The molecule has 2 rings (SSSR count). The average molecular weight is 375 g/mol. The van der Waals surface area contributed by atoms with Gasteiger partial charge in [-0.2, -0.15) is 0 Å². The second kappa shape index (κ2) is 7.34. The van der Waals surface area contributed by atoms with Crippen molar-refractivity contribution in [3.8, 4) is 0 Å². The fourth-order valence-electron chi connectivity index (χ4n) is 2.18. The summed E-state index contributed by atoms with van der Waals surface area (Å²) in [4.78, 5) is 0. The van der Waals surface area contributed by atoms with E-state index in [2.05, 4.69) is 21.2 Å². The molecule has 5 heteroatoms. The molecule has 0 amide bonds. The van der Waals surface area contributed by atoms with Crippen molar-refractivity contribution in [2.45, 2.75) is 19.4 Å². The lowest BCUT2D eigenvalue weighted by atomic mass is 9.98. The van der Waals surface area contributed by atoms with E-state index >= 15 is 0 Å².